The number of nitrogens with zero attached hydrogens (tertiary/aromatic N) is 6. The van der Waals surface area contributed by atoms with Crippen molar-refractivity contribution in [2.24, 2.45) is 10.3 Å². The number of anilines is 2. The van der Waals surface area contributed by atoms with Gasteiger partial charge < -0.3 is 20.8 Å². The van der Waals surface area contributed by atoms with E-state index in [0.717, 1.165) is 36.6 Å². The molecule has 18 heteroatoms. The quantitative estimate of drug-likeness (QED) is 0.0641. The van der Waals surface area contributed by atoms with Gasteiger partial charge >= 0.3 is 11.9 Å². The average Bonchev–Trinajstić information content (AvgIpc) is 3.60. The van der Waals surface area contributed by atoms with Crippen molar-refractivity contribution in [2.45, 2.75) is 19.3 Å². The van der Waals surface area contributed by atoms with Crippen LogP contribution in [0.25, 0.3) is 5.82 Å². The van der Waals surface area contributed by atoms with Crippen LogP contribution in [-0.4, -0.2) is 65.6 Å². The number of carboxylic acid groups (broad SMARTS) is 2. The molecule has 0 fully saturated rings. The van der Waals surface area contributed by atoms with Crippen molar-refractivity contribution in [1.82, 2.24) is 19.7 Å². The Labute approximate surface area is 268 Å². The molecule has 0 atom stereocenters. The predicted octanol–water partition coefficient (Wildman–Crippen LogP) is 4.30. The first-order valence-electron chi connectivity index (χ1n) is 13.7. The largest absolute Gasteiger partial charge is 0.478 e. The lowest BCUT2D eigenvalue weighted by molar-refractivity contribution is -0.110. The Morgan fingerprint density at radius 3 is 2.21 bits per heavy atom. The molecule has 244 valence electrons. The fourth-order valence-electron chi connectivity index (χ4n) is 4.29. The molecule has 2 amide bonds. The van der Waals surface area contributed by atoms with E-state index in [1.54, 1.807) is 10.8 Å². The summed E-state index contributed by atoms with van der Waals surface area (Å²) in [5, 5.41) is 45.3. The van der Waals surface area contributed by atoms with E-state index in [4.69, 9.17) is 10.9 Å². The highest BCUT2D eigenvalue weighted by molar-refractivity contribution is 6.46. The minimum absolute atomic E-state index is 0.0375. The summed E-state index contributed by atoms with van der Waals surface area (Å²) in [6.07, 6.45) is 7.73. The third-order valence-corrected chi connectivity index (χ3v) is 6.59. The smallest absolute Gasteiger partial charge is 0.337 e. The number of aryl methyl sites for hydroxylation is 2. The van der Waals surface area contributed by atoms with Gasteiger partial charge in [-0.1, -0.05) is 5.22 Å². The number of aromatic nitrogens is 4. The van der Waals surface area contributed by atoms with E-state index in [9.17, 15) is 33.8 Å². The van der Waals surface area contributed by atoms with E-state index < -0.39 is 52.2 Å². The van der Waals surface area contributed by atoms with Crippen LogP contribution >= 0.6 is 0 Å². The van der Waals surface area contributed by atoms with Crippen LogP contribution in [0.3, 0.4) is 0 Å². The summed E-state index contributed by atoms with van der Waals surface area (Å²) in [6, 6.07) is 6.50. The molecule has 0 unspecified atom stereocenters. The number of nitrogens with one attached hydrogen (secondary N) is 4. The van der Waals surface area contributed by atoms with Crippen LogP contribution in [0.1, 0.15) is 48.8 Å². The molecule has 0 radical (unpaired) electrons. The zero-order valence-electron chi connectivity index (χ0n) is 24.5. The topological polar surface area (TPSA) is 249 Å². The second-order valence-electron chi connectivity index (χ2n) is 9.73. The van der Waals surface area contributed by atoms with Crippen LogP contribution in [-0.2, 0) is 17.6 Å². The van der Waals surface area contributed by atoms with Gasteiger partial charge in [-0.25, -0.2) is 23.4 Å². The molecule has 0 saturated heterocycles. The molecule has 16 nitrogen and oxygen atoms in total. The fourth-order valence-corrected chi connectivity index (χ4v) is 4.29. The molecule has 0 spiro atoms. The third kappa shape index (κ3) is 8.44. The molecule has 0 aliphatic heterocycles. The zero-order valence-corrected chi connectivity index (χ0v) is 24.5. The van der Waals surface area contributed by atoms with Crippen molar-refractivity contribution < 1.29 is 38.2 Å². The SMILES string of the molecule is N=N/N=C/C=C\C(=N)C(=O)Nc1cc(CCCc2cc(C(=O)O)c(NC(=O)c3ccc(-n4ccnc4)nn3)cc2F)c(F)cc1C(=O)O. The molecule has 0 bridgehead atoms. The number of hydrogen-bond acceptors (Lipinski definition) is 10. The molecule has 2 aromatic heterocycles. The maximum absolute atomic E-state index is 15.1. The van der Waals surface area contributed by atoms with E-state index in [1.807, 2.05) is 0 Å². The lowest BCUT2D eigenvalue weighted by atomic mass is 9.99. The van der Waals surface area contributed by atoms with E-state index in [2.05, 4.69) is 36.1 Å². The lowest BCUT2D eigenvalue weighted by Crippen LogP contribution is -2.22. The molecular weight excluding hydrogens is 634 g/mol. The summed E-state index contributed by atoms with van der Waals surface area (Å²) in [6.45, 7) is 0. The number of aromatic carboxylic acids is 2. The van der Waals surface area contributed by atoms with Crippen molar-refractivity contribution in [3.05, 3.63) is 107 Å². The summed E-state index contributed by atoms with van der Waals surface area (Å²) in [4.78, 5) is 52.7. The summed E-state index contributed by atoms with van der Waals surface area (Å²) in [7, 11) is 0. The highest BCUT2D eigenvalue weighted by atomic mass is 19.1. The maximum Gasteiger partial charge on any atom is 0.337 e. The van der Waals surface area contributed by atoms with Crippen molar-refractivity contribution in [3.8, 4) is 5.82 Å². The number of carbonyl (C=O) groups is 4. The Bertz CT molecular complexity index is 1960. The van der Waals surface area contributed by atoms with Crippen LogP contribution < -0.4 is 10.6 Å². The predicted molar refractivity (Wildman–Crippen MR) is 165 cm³/mol. The fraction of sp³-hybridized carbons (Fsp3) is 0.100. The molecule has 2 heterocycles. The third-order valence-electron chi connectivity index (χ3n) is 6.59. The van der Waals surface area contributed by atoms with Crippen LogP contribution in [0, 0.1) is 22.6 Å². The summed E-state index contributed by atoms with van der Waals surface area (Å²) >= 11 is 0. The average molecular weight is 659 g/mol. The van der Waals surface area contributed by atoms with Gasteiger partial charge in [0.1, 0.15) is 23.7 Å². The Morgan fingerprint density at radius 2 is 1.58 bits per heavy atom. The number of hydrogen-bond donors (Lipinski definition) is 6. The van der Waals surface area contributed by atoms with Gasteiger partial charge in [-0.2, -0.15) is 5.53 Å². The summed E-state index contributed by atoms with van der Waals surface area (Å²) < 4.78 is 31.5. The molecular formula is C30H24F2N10O6. The van der Waals surface area contributed by atoms with Crippen LogP contribution in [0.15, 0.2) is 77.6 Å². The van der Waals surface area contributed by atoms with Gasteiger partial charge in [0.25, 0.3) is 11.8 Å². The standard InChI is InChI=1S/C30H24F2N10O6/c31-20-13-19(30(47)48)24(37-27(43)22(33)5-2-8-36-41-34)12-17(20)4-1-3-16-11-18(29(45)46)25(14-21(16)32)38-28(44)23-6-7-26(40-39-23)42-10-9-35-15-42/h2,5-15,33-34H,1,3-4H2,(H,37,43)(H,38,44)(H,45,46)(H,47,48)/b5-2-,33-22?,36-8+,41-34?. The van der Waals surface area contributed by atoms with Crippen molar-refractivity contribution >= 4 is 47.1 Å². The number of carbonyl (C=O) groups excluding carboxylic acids is 2. The molecule has 4 rings (SSSR count). The molecule has 0 aliphatic rings. The monoisotopic (exact) mass is 658 g/mol. The van der Waals surface area contributed by atoms with Crippen LogP contribution in [0.5, 0.6) is 0 Å². The first-order valence-corrected chi connectivity index (χ1v) is 13.7. The number of amides is 2. The van der Waals surface area contributed by atoms with Gasteiger partial charge in [0, 0.05) is 12.4 Å². The molecule has 0 aliphatic carbocycles. The normalized spacial score (nSPS) is 11.0. The van der Waals surface area contributed by atoms with Crippen molar-refractivity contribution in [2.75, 3.05) is 10.6 Å². The minimum atomic E-state index is -1.55. The van der Waals surface area contributed by atoms with E-state index in [1.165, 1.54) is 24.7 Å². The molecule has 48 heavy (non-hydrogen) atoms. The number of imidazole rings is 1. The highest BCUT2D eigenvalue weighted by Gasteiger charge is 2.21. The number of halogens is 2. The van der Waals surface area contributed by atoms with Crippen LogP contribution in [0.2, 0.25) is 0 Å². The number of rotatable bonds is 14. The second kappa shape index (κ2) is 15.4. The van der Waals surface area contributed by atoms with E-state index in [-0.39, 0.29) is 47.5 Å². The Morgan fingerprint density at radius 1 is 0.917 bits per heavy atom. The maximum atomic E-state index is 15.1. The van der Waals surface area contributed by atoms with Gasteiger partial charge in [0.05, 0.1) is 28.7 Å². The molecule has 4 aromatic rings. The Balaban J connectivity index is 1.47. The van der Waals surface area contributed by atoms with Gasteiger partial charge in [0.2, 0.25) is 0 Å². The zero-order chi connectivity index (χ0) is 34.8. The van der Waals surface area contributed by atoms with Gasteiger partial charge in [-0.3, -0.25) is 19.6 Å². The number of benzene rings is 2. The van der Waals surface area contributed by atoms with Crippen molar-refractivity contribution in [1.29, 1.82) is 10.9 Å². The molecule has 6 N–H and O–H groups in total. The highest BCUT2D eigenvalue weighted by Crippen LogP contribution is 2.26. The van der Waals surface area contributed by atoms with Gasteiger partial charge in [-0.05, 0) is 78.9 Å². The summed E-state index contributed by atoms with van der Waals surface area (Å²) in [5.74, 6) is -6.24. The minimum Gasteiger partial charge on any atom is -0.478 e. The first-order chi connectivity index (χ1) is 23.0. The number of allylic oxidation sites excluding steroid dienone is 1. The Hall–Kier alpha value is -6.85. The number of carboxylic acids is 2. The van der Waals surface area contributed by atoms with Gasteiger partial charge in [-0.15, -0.1) is 15.3 Å². The van der Waals surface area contributed by atoms with Crippen molar-refractivity contribution in [3.63, 3.8) is 0 Å². The lowest BCUT2D eigenvalue weighted by Gasteiger charge is -2.13. The van der Waals surface area contributed by atoms with Crippen LogP contribution in [0.4, 0.5) is 20.2 Å². The molecule has 0 saturated carbocycles. The summed E-state index contributed by atoms with van der Waals surface area (Å²) in [5.41, 5.74) is 4.08. The second-order valence-corrected chi connectivity index (χ2v) is 9.73. The van der Waals surface area contributed by atoms with E-state index in [0.29, 0.717) is 11.9 Å². The Kier molecular flexibility index (Phi) is 10.9. The first kappa shape index (κ1) is 34.0. The van der Waals surface area contributed by atoms with E-state index >= 15 is 4.39 Å². The van der Waals surface area contributed by atoms with Gasteiger partial charge in [0.15, 0.2) is 11.5 Å². The molecule has 2 aromatic carbocycles.